The van der Waals surface area contributed by atoms with Gasteiger partial charge in [-0.1, -0.05) is 46.8 Å². The van der Waals surface area contributed by atoms with Gasteiger partial charge >= 0.3 is 0 Å². The number of benzene rings is 1. The molecule has 6 heteroatoms. The Morgan fingerprint density at radius 1 is 1.24 bits per heavy atom. The lowest BCUT2D eigenvalue weighted by Crippen LogP contribution is -2.54. The van der Waals surface area contributed by atoms with Gasteiger partial charge in [-0.3, -0.25) is 9.59 Å². The predicted molar refractivity (Wildman–Crippen MR) is 104 cm³/mol. The van der Waals surface area contributed by atoms with Gasteiger partial charge in [0, 0.05) is 24.5 Å². The molecule has 0 spiro atoms. The number of halogens is 1. The maximum absolute atomic E-state index is 13.0. The number of hydrogen-bond donors (Lipinski definition) is 2. The molecule has 0 radical (unpaired) electrons. The fraction of sp³-hybridized carbons (Fsp3) is 0.579. The van der Waals surface area contributed by atoms with Crippen LogP contribution in [-0.4, -0.2) is 35.8 Å². The van der Waals surface area contributed by atoms with Crippen molar-refractivity contribution >= 4 is 29.9 Å². The van der Waals surface area contributed by atoms with E-state index in [2.05, 4.69) is 19.2 Å². The first-order valence-electron chi connectivity index (χ1n) is 8.48. The Morgan fingerprint density at radius 2 is 1.84 bits per heavy atom. The standard InChI is InChI=1S/C19H29N3O2.ClH/c1-18(2,3)17(24)21-14-9-7-6-8-13(14)16(23)22-11-10-15(20)19(4,5)12-22;/h6-9,15H,10-12,20H2,1-5H3,(H,21,24);1H. The first-order chi connectivity index (χ1) is 11.0. The van der Waals surface area contributed by atoms with Gasteiger partial charge in [0.25, 0.3) is 5.91 Å². The summed E-state index contributed by atoms with van der Waals surface area (Å²) in [6.45, 7) is 11.0. The van der Waals surface area contributed by atoms with E-state index in [0.29, 0.717) is 24.3 Å². The van der Waals surface area contributed by atoms with E-state index in [-0.39, 0.29) is 35.7 Å². The van der Waals surface area contributed by atoms with E-state index < -0.39 is 5.41 Å². The molecule has 0 saturated carbocycles. The zero-order valence-corrected chi connectivity index (χ0v) is 16.6. The summed E-state index contributed by atoms with van der Waals surface area (Å²) in [6, 6.07) is 7.28. The molecule has 3 N–H and O–H groups in total. The van der Waals surface area contributed by atoms with E-state index in [4.69, 9.17) is 5.73 Å². The fourth-order valence-electron chi connectivity index (χ4n) is 2.81. The van der Waals surface area contributed by atoms with Crippen LogP contribution in [-0.2, 0) is 4.79 Å². The molecule has 1 atom stereocenters. The van der Waals surface area contributed by atoms with Crippen LogP contribution in [0.25, 0.3) is 0 Å². The largest absolute Gasteiger partial charge is 0.338 e. The Morgan fingerprint density at radius 3 is 2.40 bits per heavy atom. The van der Waals surface area contributed by atoms with Crippen molar-refractivity contribution in [1.29, 1.82) is 0 Å². The average molecular weight is 368 g/mol. The van der Waals surface area contributed by atoms with Crippen molar-refractivity contribution in [2.75, 3.05) is 18.4 Å². The number of anilines is 1. The number of nitrogens with zero attached hydrogens (tertiary/aromatic N) is 1. The molecule has 0 bridgehead atoms. The number of carbonyl (C=O) groups is 2. The number of nitrogens with one attached hydrogen (secondary N) is 1. The molecule has 1 aliphatic rings. The number of rotatable bonds is 2. The van der Waals surface area contributed by atoms with Gasteiger partial charge in [0.15, 0.2) is 0 Å². The van der Waals surface area contributed by atoms with Crippen molar-refractivity contribution < 1.29 is 9.59 Å². The number of para-hydroxylation sites is 1. The van der Waals surface area contributed by atoms with Crippen LogP contribution >= 0.6 is 12.4 Å². The number of amides is 2. The van der Waals surface area contributed by atoms with Crippen LogP contribution in [0.3, 0.4) is 0 Å². The zero-order valence-electron chi connectivity index (χ0n) is 15.8. The van der Waals surface area contributed by atoms with Crippen LogP contribution in [0.2, 0.25) is 0 Å². The van der Waals surface area contributed by atoms with Crippen molar-refractivity contribution in [2.24, 2.45) is 16.6 Å². The van der Waals surface area contributed by atoms with Crippen LogP contribution in [0.15, 0.2) is 24.3 Å². The summed E-state index contributed by atoms with van der Waals surface area (Å²) in [6.07, 6.45) is 0.787. The number of likely N-dealkylation sites (tertiary alicyclic amines) is 1. The summed E-state index contributed by atoms with van der Waals surface area (Å²) >= 11 is 0. The van der Waals surface area contributed by atoms with Crippen LogP contribution in [0.1, 0.15) is 51.4 Å². The summed E-state index contributed by atoms with van der Waals surface area (Å²) in [5, 5.41) is 2.89. The molecule has 1 unspecified atom stereocenters. The minimum Gasteiger partial charge on any atom is -0.338 e. The van der Waals surface area contributed by atoms with Crippen LogP contribution in [0.4, 0.5) is 5.69 Å². The highest BCUT2D eigenvalue weighted by Crippen LogP contribution is 2.30. The van der Waals surface area contributed by atoms with Crippen molar-refractivity contribution in [3.05, 3.63) is 29.8 Å². The third-order valence-corrected chi connectivity index (χ3v) is 4.69. The van der Waals surface area contributed by atoms with Crippen LogP contribution in [0.5, 0.6) is 0 Å². The van der Waals surface area contributed by atoms with E-state index >= 15 is 0 Å². The van der Waals surface area contributed by atoms with E-state index in [1.807, 2.05) is 37.8 Å². The summed E-state index contributed by atoms with van der Waals surface area (Å²) in [7, 11) is 0. The third kappa shape index (κ3) is 4.95. The van der Waals surface area contributed by atoms with E-state index in [1.54, 1.807) is 12.1 Å². The van der Waals surface area contributed by atoms with Gasteiger partial charge in [0.1, 0.15) is 0 Å². The summed E-state index contributed by atoms with van der Waals surface area (Å²) in [5.41, 5.74) is 6.62. The highest BCUT2D eigenvalue weighted by Gasteiger charge is 2.36. The molecule has 1 aromatic carbocycles. The second kappa shape index (κ2) is 7.75. The van der Waals surface area contributed by atoms with Gasteiger partial charge < -0.3 is 16.0 Å². The summed E-state index contributed by atoms with van der Waals surface area (Å²) in [5.74, 6) is -0.163. The van der Waals surface area contributed by atoms with Gasteiger partial charge in [0.05, 0.1) is 11.3 Å². The molecule has 0 aromatic heterocycles. The molecule has 1 aliphatic heterocycles. The predicted octanol–water partition coefficient (Wildman–Crippen LogP) is 3.29. The molecule has 2 rings (SSSR count). The molecule has 25 heavy (non-hydrogen) atoms. The maximum Gasteiger partial charge on any atom is 0.255 e. The Kier molecular flexibility index (Phi) is 6.65. The minimum absolute atomic E-state index is 0. The Balaban J connectivity index is 0.00000312. The molecule has 1 heterocycles. The zero-order chi connectivity index (χ0) is 18.1. The highest BCUT2D eigenvalue weighted by molar-refractivity contribution is 6.04. The van der Waals surface area contributed by atoms with Crippen LogP contribution in [0, 0.1) is 10.8 Å². The number of carbonyl (C=O) groups excluding carboxylic acids is 2. The molecule has 140 valence electrons. The monoisotopic (exact) mass is 367 g/mol. The van der Waals surface area contributed by atoms with Crippen molar-refractivity contribution in [1.82, 2.24) is 4.90 Å². The molecule has 1 saturated heterocycles. The van der Waals surface area contributed by atoms with E-state index in [1.165, 1.54) is 0 Å². The highest BCUT2D eigenvalue weighted by atomic mass is 35.5. The van der Waals surface area contributed by atoms with Crippen molar-refractivity contribution in [3.63, 3.8) is 0 Å². The maximum atomic E-state index is 13.0. The SMILES string of the molecule is CC(C)(C)C(=O)Nc1ccccc1C(=O)N1CCC(N)C(C)(C)C1.Cl. The molecule has 1 aromatic rings. The average Bonchev–Trinajstić information content (AvgIpc) is 2.49. The number of hydrogen-bond acceptors (Lipinski definition) is 3. The fourth-order valence-corrected chi connectivity index (χ4v) is 2.81. The van der Waals surface area contributed by atoms with Crippen LogP contribution < -0.4 is 11.1 Å². The van der Waals surface area contributed by atoms with Gasteiger partial charge in [0.2, 0.25) is 5.91 Å². The van der Waals surface area contributed by atoms with E-state index in [0.717, 1.165) is 6.42 Å². The molecule has 5 nitrogen and oxygen atoms in total. The molecule has 0 aliphatic carbocycles. The molecular formula is C19H30ClN3O2. The Hall–Kier alpha value is -1.59. The van der Waals surface area contributed by atoms with Gasteiger partial charge in [-0.2, -0.15) is 0 Å². The second-order valence-corrected chi connectivity index (χ2v) is 8.36. The third-order valence-electron chi connectivity index (χ3n) is 4.69. The normalized spacial score (nSPS) is 19.8. The molecule has 2 amide bonds. The van der Waals surface area contributed by atoms with E-state index in [9.17, 15) is 9.59 Å². The van der Waals surface area contributed by atoms with Crippen molar-refractivity contribution in [3.8, 4) is 0 Å². The van der Waals surface area contributed by atoms with Gasteiger partial charge in [-0.05, 0) is 24.0 Å². The minimum atomic E-state index is -0.518. The molecular weight excluding hydrogens is 338 g/mol. The summed E-state index contributed by atoms with van der Waals surface area (Å²) in [4.78, 5) is 27.1. The number of piperidine rings is 1. The van der Waals surface area contributed by atoms with Gasteiger partial charge in [-0.25, -0.2) is 0 Å². The first kappa shape index (κ1) is 21.5. The lowest BCUT2D eigenvalue weighted by molar-refractivity contribution is -0.123. The Labute approximate surface area is 156 Å². The smallest absolute Gasteiger partial charge is 0.255 e. The van der Waals surface area contributed by atoms with Crippen molar-refractivity contribution in [2.45, 2.75) is 47.1 Å². The molecule has 1 fully saturated rings. The summed E-state index contributed by atoms with van der Waals surface area (Å²) < 4.78 is 0. The topological polar surface area (TPSA) is 75.4 Å². The lowest BCUT2D eigenvalue weighted by atomic mass is 9.79. The quantitative estimate of drug-likeness (QED) is 0.842. The first-order valence-corrected chi connectivity index (χ1v) is 8.48. The Bertz CT molecular complexity index is 638. The lowest BCUT2D eigenvalue weighted by Gasteiger charge is -2.42. The van der Waals surface area contributed by atoms with Gasteiger partial charge in [-0.15, -0.1) is 12.4 Å². The second-order valence-electron chi connectivity index (χ2n) is 8.36. The number of nitrogens with two attached hydrogens (primary N) is 1.